The Balaban J connectivity index is 2.14. The van der Waals surface area contributed by atoms with Gasteiger partial charge in [-0.05, 0) is 26.3 Å². The standard InChI is InChI=1S/C13H20N2O2/c1-3-17-12-7-10(14)6-11(8-12)15-13(2)4-5-16-9-13/h6-8,15H,3-5,9,14H2,1-2H3. The first kappa shape index (κ1) is 12.0. The zero-order chi connectivity index (χ0) is 12.3. The summed E-state index contributed by atoms with van der Waals surface area (Å²) in [7, 11) is 0. The molecule has 4 heteroatoms. The molecule has 17 heavy (non-hydrogen) atoms. The highest BCUT2D eigenvalue weighted by Crippen LogP contribution is 2.28. The van der Waals surface area contributed by atoms with E-state index in [9.17, 15) is 0 Å². The van der Waals surface area contributed by atoms with Crippen LogP contribution in [0.3, 0.4) is 0 Å². The van der Waals surface area contributed by atoms with Gasteiger partial charge in [0, 0.05) is 30.1 Å². The lowest BCUT2D eigenvalue weighted by molar-refractivity contribution is 0.185. The van der Waals surface area contributed by atoms with E-state index in [-0.39, 0.29) is 5.54 Å². The van der Waals surface area contributed by atoms with Crippen LogP contribution in [0.2, 0.25) is 0 Å². The third-order valence-corrected chi connectivity index (χ3v) is 2.90. The number of rotatable bonds is 4. The Morgan fingerprint density at radius 2 is 2.29 bits per heavy atom. The summed E-state index contributed by atoms with van der Waals surface area (Å²) in [5.41, 5.74) is 7.55. The molecule has 0 aliphatic carbocycles. The molecule has 1 aliphatic heterocycles. The third-order valence-electron chi connectivity index (χ3n) is 2.90. The normalized spacial score (nSPS) is 23.6. The molecule has 1 saturated heterocycles. The van der Waals surface area contributed by atoms with Crippen LogP contribution in [0, 0.1) is 0 Å². The molecule has 0 amide bonds. The first-order valence-corrected chi connectivity index (χ1v) is 6.01. The SMILES string of the molecule is CCOc1cc(N)cc(NC2(C)CCOC2)c1. The van der Waals surface area contributed by atoms with Gasteiger partial charge in [-0.15, -0.1) is 0 Å². The van der Waals surface area contributed by atoms with Crippen LogP contribution in [0.4, 0.5) is 11.4 Å². The van der Waals surface area contributed by atoms with Gasteiger partial charge in [0.15, 0.2) is 0 Å². The Kier molecular flexibility index (Phi) is 3.43. The van der Waals surface area contributed by atoms with E-state index >= 15 is 0 Å². The summed E-state index contributed by atoms with van der Waals surface area (Å²) in [5.74, 6) is 0.803. The van der Waals surface area contributed by atoms with Gasteiger partial charge >= 0.3 is 0 Å². The number of ether oxygens (including phenoxy) is 2. The van der Waals surface area contributed by atoms with Crippen molar-refractivity contribution in [1.82, 2.24) is 0 Å². The van der Waals surface area contributed by atoms with Crippen molar-refractivity contribution >= 4 is 11.4 Å². The van der Waals surface area contributed by atoms with Crippen molar-refractivity contribution in [3.63, 3.8) is 0 Å². The molecule has 3 N–H and O–H groups in total. The van der Waals surface area contributed by atoms with Gasteiger partial charge < -0.3 is 20.5 Å². The molecule has 2 rings (SSSR count). The van der Waals surface area contributed by atoms with Crippen molar-refractivity contribution in [2.75, 3.05) is 30.9 Å². The molecule has 1 aromatic carbocycles. The molecule has 1 heterocycles. The smallest absolute Gasteiger partial charge is 0.123 e. The fraction of sp³-hybridized carbons (Fsp3) is 0.538. The zero-order valence-corrected chi connectivity index (χ0v) is 10.5. The number of nitrogens with two attached hydrogens (primary N) is 1. The lowest BCUT2D eigenvalue weighted by Crippen LogP contribution is -2.34. The van der Waals surface area contributed by atoms with Crippen LogP contribution in [0.25, 0.3) is 0 Å². The summed E-state index contributed by atoms with van der Waals surface area (Å²) >= 11 is 0. The number of nitrogens with one attached hydrogen (secondary N) is 1. The summed E-state index contributed by atoms with van der Waals surface area (Å²) in [6.07, 6.45) is 1.01. The Morgan fingerprint density at radius 3 is 2.94 bits per heavy atom. The van der Waals surface area contributed by atoms with E-state index in [1.165, 1.54) is 0 Å². The highest BCUT2D eigenvalue weighted by atomic mass is 16.5. The summed E-state index contributed by atoms with van der Waals surface area (Å²) in [6, 6.07) is 5.73. The van der Waals surface area contributed by atoms with Gasteiger partial charge in [0.1, 0.15) is 5.75 Å². The van der Waals surface area contributed by atoms with Crippen LogP contribution in [0.5, 0.6) is 5.75 Å². The molecule has 1 fully saturated rings. The lowest BCUT2D eigenvalue weighted by Gasteiger charge is -2.25. The monoisotopic (exact) mass is 236 g/mol. The summed E-state index contributed by atoms with van der Waals surface area (Å²) in [6.45, 7) is 6.30. The second-order valence-electron chi connectivity index (χ2n) is 4.71. The average Bonchev–Trinajstić information content (AvgIpc) is 2.64. The second kappa shape index (κ2) is 4.84. The van der Waals surface area contributed by atoms with E-state index in [0.29, 0.717) is 12.3 Å². The van der Waals surface area contributed by atoms with Gasteiger partial charge in [-0.2, -0.15) is 0 Å². The third kappa shape index (κ3) is 3.03. The van der Waals surface area contributed by atoms with Gasteiger partial charge in [0.05, 0.1) is 18.8 Å². The lowest BCUT2D eigenvalue weighted by atomic mass is 10.0. The molecule has 4 nitrogen and oxygen atoms in total. The van der Waals surface area contributed by atoms with Gasteiger partial charge in [0.25, 0.3) is 0 Å². The quantitative estimate of drug-likeness (QED) is 0.787. The van der Waals surface area contributed by atoms with Crippen LogP contribution >= 0.6 is 0 Å². The molecule has 0 bridgehead atoms. The van der Waals surface area contributed by atoms with Crippen molar-refractivity contribution in [1.29, 1.82) is 0 Å². The average molecular weight is 236 g/mol. The van der Waals surface area contributed by atoms with Crippen molar-refractivity contribution < 1.29 is 9.47 Å². The Bertz CT molecular complexity index is 387. The molecule has 94 valence electrons. The minimum Gasteiger partial charge on any atom is -0.494 e. The van der Waals surface area contributed by atoms with E-state index in [2.05, 4.69) is 12.2 Å². The number of benzene rings is 1. The molecule has 0 spiro atoms. The predicted molar refractivity (Wildman–Crippen MR) is 69.5 cm³/mol. The van der Waals surface area contributed by atoms with E-state index in [1.54, 1.807) is 0 Å². The fourth-order valence-electron chi connectivity index (χ4n) is 2.06. The van der Waals surface area contributed by atoms with E-state index in [1.807, 2.05) is 25.1 Å². The molecule has 1 atom stereocenters. The minimum atomic E-state index is -0.00270. The molecule has 0 saturated carbocycles. The van der Waals surface area contributed by atoms with Gasteiger partial charge in [-0.25, -0.2) is 0 Å². The van der Waals surface area contributed by atoms with Crippen molar-refractivity contribution in [2.24, 2.45) is 0 Å². The zero-order valence-electron chi connectivity index (χ0n) is 10.5. The summed E-state index contributed by atoms with van der Waals surface area (Å²) in [4.78, 5) is 0. The van der Waals surface area contributed by atoms with Crippen LogP contribution in [0.15, 0.2) is 18.2 Å². The van der Waals surface area contributed by atoms with E-state index in [4.69, 9.17) is 15.2 Å². The Hall–Kier alpha value is -1.42. The maximum absolute atomic E-state index is 5.86. The van der Waals surface area contributed by atoms with E-state index < -0.39 is 0 Å². The molecule has 1 aliphatic rings. The molecule has 1 unspecified atom stereocenters. The van der Waals surface area contributed by atoms with Crippen LogP contribution < -0.4 is 15.8 Å². The molecular formula is C13H20N2O2. The van der Waals surface area contributed by atoms with E-state index in [0.717, 1.165) is 31.1 Å². The molecule has 1 aromatic rings. The van der Waals surface area contributed by atoms with Gasteiger partial charge in [-0.3, -0.25) is 0 Å². The maximum Gasteiger partial charge on any atom is 0.123 e. The van der Waals surface area contributed by atoms with Crippen molar-refractivity contribution in [3.8, 4) is 5.75 Å². The highest BCUT2D eigenvalue weighted by Gasteiger charge is 2.29. The van der Waals surface area contributed by atoms with Crippen molar-refractivity contribution in [2.45, 2.75) is 25.8 Å². The van der Waals surface area contributed by atoms with Crippen LogP contribution in [-0.4, -0.2) is 25.4 Å². The number of hydrogen-bond acceptors (Lipinski definition) is 4. The fourth-order valence-corrected chi connectivity index (χ4v) is 2.06. The topological polar surface area (TPSA) is 56.5 Å². The first-order valence-electron chi connectivity index (χ1n) is 6.01. The van der Waals surface area contributed by atoms with Crippen molar-refractivity contribution in [3.05, 3.63) is 18.2 Å². The second-order valence-corrected chi connectivity index (χ2v) is 4.71. The minimum absolute atomic E-state index is 0.00270. The number of nitrogen functional groups attached to an aromatic ring is 1. The predicted octanol–water partition coefficient (Wildman–Crippen LogP) is 2.26. The number of hydrogen-bond donors (Lipinski definition) is 2. The number of anilines is 2. The van der Waals surface area contributed by atoms with Crippen LogP contribution in [-0.2, 0) is 4.74 Å². The maximum atomic E-state index is 5.86. The molecule has 0 radical (unpaired) electrons. The summed E-state index contributed by atoms with van der Waals surface area (Å²) in [5, 5.41) is 3.47. The molecule has 0 aromatic heterocycles. The van der Waals surface area contributed by atoms with Gasteiger partial charge in [0.2, 0.25) is 0 Å². The highest BCUT2D eigenvalue weighted by molar-refractivity contribution is 5.60. The Morgan fingerprint density at radius 1 is 1.47 bits per heavy atom. The first-order chi connectivity index (χ1) is 8.11. The van der Waals surface area contributed by atoms with Gasteiger partial charge in [-0.1, -0.05) is 0 Å². The Labute approximate surface area is 102 Å². The van der Waals surface area contributed by atoms with Crippen LogP contribution in [0.1, 0.15) is 20.3 Å². The largest absolute Gasteiger partial charge is 0.494 e. The summed E-state index contributed by atoms with van der Waals surface area (Å²) < 4.78 is 10.9. The molecular weight excluding hydrogens is 216 g/mol.